The molecule has 5 heteroatoms. The molecule has 2 atom stereocenters. The number of aromatic nitrogens is 2. The van der Waals surface area contributed by atoms with E-state index in [-0.39, 0.29) is 6.61 Å². The lowest BCUT2D eigenvalue weighted by molar-refractivity contribution is 0.177. The van der Waals surface area contributed by atoms with E-state index in [9.17, 15) is 8.78 Å². The molecule has 0 N–H and O–H groups in total. The highest BCUT2D eigenvalue weighted by atomic mass is 19.1. The zero-order chi connectivity index (χ0) is 26.6. The number of unbranched alkanes of at least 4 members (excludes halogenated alkanes) is 10. The minimum atomic E-state index is -1.11. The molecule has 0 aliphatic heterocycles. The number of ether oxygens (including phenoxy) is 1. The number of alkyl halides is 2. The number of halogens is 2. The molecule has 0 aliphatic carbocycles. The largest absolute Gasteiger partial charge is 0.487 e. The summed E-state index contributed by atoms with van der Waals surface area (Å²) in [7, 11) is 0. The molecule has 208 valence electrons. The van der Waals surface area contributed by atoms with Crippen LogP contribution in [-0.4, -0.2) is 28.9 Å². The minimum Gasteiger partial charge on any atom is -0.487 e. The van der Waals surface area contributed by atoms with E-state index in [1.54, 1.807) is 12.4 Å². The van der Waals surface area contributed by atoms with Crippen LogP contribution in [0.3, 0.4) is 0 Å². The van der Waals surface area contributed by atoms with Gasteiger partial charge in [-0.05, 0) is 44.1 Å². The first-order chi connectivity index (χ1) is 18.1. The van der Waals surface area contributed by atoms with Gasteiger partial charge in [0.25, 0.3) is 0 Å². The van der Waals surface area contributed by atoms with Crippen molar-refractivity contribution in [2.75, 3.05) is 6.61 Å². The normalized spacial score (nSPS) is 13.0. The van der Waals surface area contributed by atoms with E-state index in [0.29, 0.717) is 37.3 Å². The van der Waals surface area contributed by atoms with E-state index >= 15 is 0 Å². The van der Waals surface area contributed by atoms with Crippen molar-refractivity contribution in [1.29, 1.82) is 0 Å². The van der Waals surface area contributed by atoms with E-state index in [2.05, 4.69) is 48.1 Å². The van der Waals surface area contributed by atoms with Crippen LogP contribution in [0.5, 0.6) is 5.75 Å². The molecule has 37 heavy (non-hydrogen) atoms. The Morgan fingerprint density at radius 3 is 1.84 bits per heavy atom. The molecule has 3 nitrogen and oxygen atoms in total. The summed E-state index contributed by atoms with van der Waals surface area (Å²) in [5.74, 6) is 1.09. The van der Waals surface area contributed by atoms with Crippen molar-refractivity contribution in [2.24, 2.45) is 0 Å². The van der Waals surface area contributed by atoms with E-state index in [4.69, 9.17) is 4.74 Å². The summed E-state index contributed by atoms with van der Waals surface area (Å²) in [5, 5.41) is 0. The molecule has 0 aliphatic rings. The van der Waals surface area contributed by atoms with Gasteiger partial charge in [0.1, 0.15) is 19.0 Å². The third-order valence-electron chi connectivity index (χ3n) is 7.00. The van der Waals surface area contributed by atoms with Crippen LogP contribution in [0.1, 0.15) is 122 Å². The second-order valence-electron chi connectivity index (χ2n) is 10.4. The van der Waals surface area contributed by atoms with Gasteiger partial charge in [-0.2, -0.15) is 0 Å². The highest BCUT2D eigenvalue weighted by molar-refractivity contribution is 5.55. The lowest BCUT2D eigenvalue weighted by Crippen LogP contribution is -2.14. The van der Waals surface area contributed by atoms with Crippen LogP contribution in [0.2, 0.25) is 0 Å². The van der Waals surface area contributed by atoms with Crippen molar-refractivity contribution in [2.45, 2.75) is 135 Å². The van der Waals surface area contributed by atoms with Crippen molar-refractivity contribution in [3.63, 3.8) is 0 Å². The maximum atomic E-state index is 14.1. The molecule has 0 amide bonds. The van der Waals surface area contributed by atoms with Crippen LogP contribution in [0.15, 0.2) is 36.7 Å². The van der Waals surface area contributed by atoms with Gasteiger partial charge in [0, 0.05) is 5.56 Å². The second-order valence-corrected chi connectivity index (χ2v) is 10.4. The highest BCUT2D eigenvalue weighted by Crippen LogP contribution is 2.20. The fourth-order valence-corrected chi connectivity index (χ4v) is 4.59. The monoisotopic (exact) mass is 516 g/mol. The smallest absolute Gasteiger partial charge is 0.159 e. The lowest BCUT2D eigenvalue weighted by atomic mass is 10.0. The quantitative estimate of drug-likeness (QED) is 0.146. The van der Waals surface area contributed by atoms with E-state index < -0.39 is 12.3 Å². The number of rotatable bonds is 22. The first kappa shape index (κ1) is 31.2. The Balaban J connectivity index is 1.61. The average Bonchev–Trinajstić information content (AvgIpc) is 2.92. The van der Waals surface area contributed by atoms with E-state index in [0.717, 1.165) is 31.2 Å². The molecule has 1 aromatic heterocycles. The Hall–Kier alpha value is -2.04. The SMILES string of the molecule is CCCCCCCCCCCc1ccc(-c2ncc(OCC(F)CCCC(F)CCCCC)cn2)cc1. The van der Waals surface area contributed by atoms with E-state index in [1.807, 2.05) is 0 Å². The molecule has 0 spiro atoms. The zero-order valence-electron chi connectivity index (χ0n) is 23.4. The Morgan fingerprint density at radius 2 is 1.19 bits per heavy atom. The Bertz CT molecular complexity index is 797. The minimum absolute atomic E-state index is 0.0525. The van der Waals surface area contributed by atoms with Crippen LogP contribution >= 0.6 is 0 Å². The molecule has 0 radical (unpaired) electrons. The maximum Gasteiger partial charge on any atom is 0.159 e. The summed E-state index contributed by atoms with van der Waals surface area (Å²) in [5.41, 5.74) is 2.31. The summed E-state index contributed by atoms with van der Waals surface area (Å²) in [6, 6.07) is 8.45. The third-order valence-corrected chi connectivity index (χ3v) is 7.00. The Kier molecular flexibility index (Phi) is 16.8. The number of nitrogens with zero attached hydrogens (tertiary/aromatic N) is 2. The predicted octanol–water partition coefficient (Wildman–Crippen LogP) is 10.0. The van der Waals surface area contributed by atoms with Gasteiger partial charge in [-0.15, -0.1) is 0 Å². The topological polar surface area (TPSA) is 35.0 Å². The molecule has 0 saturated carbocycles. The summed E-state index contributed by atoms with van der Waals surface area (Å²) in [6.07, 6.45) is 19.4. The van der Waals surface area contributed by atoms with Gasteiger partial charge >= 0.3 is 0 Å². The van der Waals surface area contributed by atoms with Gasteiger partial charge in [0.15, 0.2) is 11.6 Å². The summed E-state index contributed by atoms with van der Waals surface area (Å²) in [6.45, 7) is 4.32. The van der Waals surface area contributed by atoms with Crippen molar-refractivity contribution in [1.82, 2.24) is 9.97 Å². The van der Waals surface area contributed by atoms with Gasteiger partial charge < -0.3 is 4.74 Å². The van der Waals surface area contributed by atoms with Crippen LogP contribution in [0.25, 0.3) is 11.4 Å². The molecule has 2 rings (SSSR count). The van der Waals surface area contributed by atoms with Gasteiger partial charge in [-0.3, -0.25) is 0 Å². The van der Waals surface area contributed by atoms with Gasteiger partial charge in [0.2, 0.25) is 0 Å². The number of aryl methyl sites for hydroxylation is 1. The molecule has 2 aromatic rings. The van der Waals surface area contributed by atoms with Crippen LogP contribution in [0.4, 0.5) is 8.78 Å². The molecule has 0 fully saturated rings. The summed E-state index contributed by atoms with van der Waals surface area (Å²) >= 11 is 0. The van der Waals surface area contributed by atoms with Crippen LogP contribution < -0.4 is 4.74 Å². The molecular weight excluding hydrogens is 466 g/mol. The standard InChI is InChI=1S/C32H50F2N2O/c1-3-5-7-8-9-10-11-12-14-16-27-20-22-28(23-21-27)32-35-24-31(25-36-32)37-26-30(34)19-15-18-29(33)17-13-6-4-2/h20-25,29-30H,3-19,26H2,1-2H3. The summed E-state index contributed by atoms with van der Waals surface area (Å²) in [4.78, 5) is 8.78. The molecule has 2 unspecified atom stereocenters. The molecular formula is C32H50F2N2O. The Morgan fingerprint density at radius 1 is 0.649 bits per heavy atom. The van der Waals surface area contributed by atoms with Crippen molar-refractivity contribution in [3.05, 3.63) is 42.2 Å². The van der Waals surface area contributed by atoms with Crippen LogP contribution in [-0.2, 0) is 6.42 Å². The van der Waals surface area contributed by atoms with Gasteiger partial charge in [-0.25, -0.2) is 18.7 Å². The van der Waals surface area contributed by atoms with E-state index in [1.165, 1.54) is 63.4 Å². The van der Waals surface area contributed by atoms with Gasteiger partial charge in [-0.1, -0.05) is 109 Å². The first-order valence-corrected chi connectivity index (χ1v) is 14.9. The van der Waals surface area contributed by atoms with Gasteiger partial charge in [0.05, 0.1) is 12.4 Å². The molecule has 0 bridgehead atoms. The molecule has 0 saturated heterocycles. The average molecular weight is 517 g/mol. The number of hydrogen-bond acceptors (Lipinski definition) is 3. The number of hydrogen-bond donors (Lipinski definition) is 0. The first-order valence-electron chi connectivity index (χ1n) is 14.9. The number of benzene rings is 1. The fraction of sp³-hybridized carbons (Fsp3) is 0.688. The Labute approximate surface area is 224 Å². The fourth-order valence-electron chi connectivity index (χ4n) is 4.59. The predicted molar refractivity (Wildman–Crippen MR) is 152 cm³/mol. The third kappa shape index (κ3) is 14.5. The zero-order valence-corrected chi connectivity index (χ0v) is 23.4. The summed E-state index contributed by atoms with van der Waals surface area (Å²) < 4.78 is 33.5. The second kappa shape index (κ2) is 20.0. The van der Waals surface area contributed by atoms with Crippen molar-refractivity contribution in [3.8, 4) is 17.1 Å². The molecule has 1 heterocycles. The highest BCUT2D eigenvalue weighted by Gasteiger charge is 2.12. The van der Waals surface area contributed by atoms with Crippen molar-refractivity contribution < 1.29 is 13.5 Å². The maximum absolute atomic E-state index is 14.1. The van der Waals surface area contributed by atoms with Crippen LogP contribution in [0, 0.1) is 0 Å². The lowest BCUT2D eigenvalue weighted by Gasteiger charge is -2.12. The molecule has 1 aromatic carbocycles. The van der Waals surface area contributed by atoms with Crippen molar-refractivity contribution >= 4 is 0 Å².